The Morgan fingerprint density at radius 3 is 2.82 bits per heavy atom. The van der Waals surface area contributed by atoms with Crippen molar-refractivity contribution in [2.75, 3.05) is 0 Å². The zero-order valence-corrected chi connectivity index (χ0v) is 7.29. The van der Waals surface area contributed by atoms with E-state index in [-0.39, 0.29) is 0 Å². The molecule has 0 saturated carbocycles. The van der Waals surface area contributed by atoms with Crippen molar-refractivity contribution in [1.82, 2.24) is 0 Å². The maximum atomic E-state index is 5.76. The van der Waals surface area contributed by atoms with Crippen LogP contribution in [0.3, 0.4) is 0 Å². The molecular weight excluding hydrogens is 136 g/mol. The van der Waals surface area contributed by atoms with Crippen LogP contribution in [0.1, 0.15) is 26.7 Å². The molecule has 0 aromatic rings. The molecular formula is C10H16O. The van der Waals surface area contributed by atoms with Crippen LogP contribution in [0.4, 0.5) is 0 Å². The lowest BCUT2D eigenvalue weighted by Gasteiger charge is -2.32. The van der Waals surface area contributed by atoms with E-state index >= 15 is 0 Å². The Kier molecular flexibility index (Phi) is 1.76. The molecule has 0 aromatic carbocycles. The van der Waals surface area contributed by atoms with E-state index in [0.717, 1.165) is 11.8 Å². The van der Waals surface area contributed by atoms with Gasteiger partial charge >= 0.3 is 0 Å². The first-order valence-corrected chi connectivity index (χ1v) is 4.61. The molecule has 0 spiro atoms. The topological polar surface area (TPSA) is 9.23 Å². The molecule has 2 aliphatic heterocycles. The molecule has 1 nitrogen and oxygen atoms in total. The van der Waals surface area contributed by atoms with E-state index in [0.29, 0.717) is 12.2 Å². The van der Waals surface area contributed by atoms with Crippen molar-refractivity contribution in [3.05, 3.63) is 12.2 Å². The molecule has 1 fully saturated rings. The van der Waals surface area contributed by atoms with Crippen LogP contribution in [-0.4, -0.2) is 12.2 Å². The molecule has 2 bridgehead atoms. The first-order chi connectivity index (χ1) is 5.27. The SMILES string of the molecule is CC(C)[C@H]1CC[C@H]2C=C[C@@H]1O2. The second kappa shape index (κ2) is 2.63. The molecule has 0 amide bonds. The van der Waals surface area contributed by atoms with E-state index in [4.69, 9.17) is 4.74 Å². The molecule has 3 atom stereocenters. The molecule has 2 heterocycles. The van der Waals surface area contributed by atoms with Gasteiger partial charge in [-0.2, -0.15) is 0 Å². The Hall–Kier alpha value is -0.300. The Bertz CT molecular complexity index is 172. The van der Waals surface area contributed by atoms with E-state index < -0.39 is 0 Å². The summed E-state index contributed by atoms with van der Waals surface area (Å²) in [5.74, 6) is 1.54. The summed E-state index contributed by atoms with van der Waals surface area (Å²) in [5.41, 5.74) is 0. The van der Waals surface area contributed by atoms with Crippen molar-refractivity contribution in [2.45, 2.75) is 38.9 Å². The van der Waals surface area contributed by atoms with Crippen LogP contribution in [0.2, 0.25) is 0 Å². The molecule has 11 heavy (non-hydrogen) atoms. The molecule has 1 saturated heterocycles. The van der Waals surface area contributed by atoms with E-state index in [1.165, 1.54) is 12.8 Å². The average Bonchev–Trinajstić information content (AvgIpc) is 2.32. The fourth-order valence-corrected chi connectivity index (χ4v) is 2.17. The maximum absolute atomic E-state index is 5.76. The van der Waals surface area contributed by atoms with Gasteiger partial charge in [-0.15, -0.1) is 0 Å². The summed E-state index contributed by atoms with van der Waals surface area (Å²) in [6.45, 7) is 4.58. The first-order valence-electron chi connectivity index (χ1n) is 4.61. The van der Waals surface area contributed by atoms with Crippen molar-refractivity contribution < 1.29 is 4.74 Å². The van der Waals surface area contributed by atoms with Crippen LogP contribution >= 0.6 is 0 Å². The Labute approximate surface area is 68.4 Å². The molecule has 62 valence electrons. The average molecular weight is 152 g/mol. The van der Waals surface area contributed by atoms with Crippen LogP contribution in [0, 0.1) is 11.8 Å². The van der Waals surface area contributed by atoms with E-state index in [1.54, 1.807) is 0 Å². The molecule has 2 aliphatic rings. The van der Waals surface area contributed by atoms with Crippen LogP contribution in [-0.2, 0) is 4.74 Å². The van der Waals surface area contributed by atoms with Crippen LogP contribution in [0.15, 0.2) is 12.2 Å². The van der Waals surface area contributed by atoms with Crippen molar-refractivity contribution in [2.24, 2.45) is 11.8 Å². The van der Waals surface area contributed by atoms with Crippen LogP contribution in [0.25, 0.3) is 0 Å². The van der Waals surface area contributed by atoms with Crippen molar-refractivity contribution in [3.63, 3.8) is 0 Å². The summed E-state index contributed by atoms with van der Waals surface area (Å²) < 4.78 is 5.76. The van der Waals surface area contributed by atoms with Gasteiger partial charge in [-0.3, -0.25) is 0 Å². The monoisotopic (exact) mass is 152 g/mol. The first kappa shape index (κ1) is 7.35. The van der Waals surface area contributed by atoms with E-state index in [1.807, 2.05) is 0 Å². The third-order valence-electron chi connectivity index (χ3n) is 2.91. The van der Waals surface area contributed by atoms with Gasteiger partial charge in [-0.05, 0) is 24.7 Å². The molecule has 0 aliphatic carbocycles. The normalized spacial score (nSPS) is 41.9. The summed E-state index contributed by atoms with van der Waals surface area (Å²) in [6.07, 6.45) is 7.95. The largest absolute Gasteiger partial charge is 0.367 e. The summed E-state index contributed by atoms with van der Waals surface area (Å²) in [4.78, 5) is 0. The lowest BCUT2D eigenvalue weighted by molar-refractivity contribution is -0.0318. The quantitative estimate of drug-likeness (QED) is 0.524. The second-order valence-electron chi connectivity index (χ2n) is 4.01. The Morgan fingerprint density at radius 2 is 2.09 bits per heavy atom. The third kappa shape index (κ3) is 1.22. The van der Waals surface area contributed by atoms with Crippen molar-refractivity contribution >= 4 is 0 Å². The van der Waals surface area contributed by atoms with Gasteiger partial charge in [-0.25, -0.2) is 0 Å². The van der Waals surface area contributed by atoms with Gasteiger partial charge in [0.1, 0.15) is 0 Å². The molecule has 0 N–H and O–H groups in total. The highest BCUT2D eigenvalue weighted by Crippen LogP contribution is 2.35. The molecule has 2 rings (SSSR count). The number of hydrogen-bond acceptors (Lipinski definition) is 1. The van der Waals surface area contributed by atoms with Gasteiger partial charge < -0.3 is 4.74 Å². The zero-order chi connectivity index (χ0) is 7.84. The minimum Gasteiger partial charge on any atom is -0.367 e. The van der Waals surface area contributed by atoms with Gasteiger partial charge in [0.15, 0.2) is 0 Å². The number of fused-ring (bicyclic) bond motifs is 2. The van der Waals surface area contributed by atoms with Gasteiger partial charge in [0.05, 0.1) is 12.2 Å². The highest BCUT2D eigenvalue weighted by atomic mass is 16.5. The maximum Gasteiger partial charge on any atom is 0.0795 e. The van der Waals surface area contributed by atoms with Crippen LogP contribution in [0.5, 0.6) is 0 Å². The zero-order valence-electron chi connectivity index (χ0n) is 7.29. The minimum atomic E-state index is 0.439. The fourth-order valence-electron chi connectivity index (χ4n) is 2.17. The summed E-state index contributed by atoms with van der Waals surface area (Å²) >= 11 is 0. The lowest BCUT2D eigenvalue weighted by atomic mass is 9.85. The van der Waals surface area contributed by atoms with Crippen molar-refractivity contribution in [3.8, 4) is 0 Å². The molecule has 0 radical (unpaired) electrons. The highest BCUT2D eigenvalue weighted by molar-refractivity contribution is 5.07. The predicted molar refractivity (Wildman–Crippen MR) is 45.4 cm³/mol. The summed E-state index contributed by atoms with van der Waals surface area (Å²) in [6, 6.07) is 0. The summed E-state index contributed by atoms with van der Waals surface area (Å²) in [5, 5.41) is 0. The van der Waals surface area contributed by atoms with E-state index in [2.05, 4.69) is 26.0 Å². The Balaban J connectivity index is 2.07. The van der Waals surface area contributed by atoms with Gasteiger partial charge in [0.25, 0.3) is 0 Å². The Morgan fingerprint density at radius 1 is 1.27 bits per heavy atom. The van der Waals surface area contributed by atoms with Crippen LogP contribution < -0.4 is 0 Å². The summed E-state index contributed by atoms with van der Waals surface area (Å²) in [7, 11) is 0. The smallest absolute Gasteiger partial charge is 0.0795 e. The number of ether oxygens (including phenoxy) is 1. The van der Waals surface area contributed by atoms with Gasteiger partial charge in [-0.1, -0.05) is 26.0 Å². The molecule has 0 aromatic heterocycles. The lowest BCUT2D eigenvalue weighted by Crippen LogP contribution is -2.31. The number of hydrogen-bond donors (Lipinski definition) is 0. The van der Waals surface area contributed by atoms with Gasteiger partial charge in [0.2, 0.25) is 0 Å². The minimum absolute atomic E-state index is 0.439. The molecule has 0 unspecified atom stereocenters. The van der Waals surface area contributed by atoms with Gasteiger partial charge in [0, 0.05) is 0 Å². The molecule has 1 heteroatoms. The fraction of sp³-hybridized carbons (Fsp3) is 0.800. The standard InChI is InChI=1S/C10H16O/c1-7(2)9-5-3-8-4-6-10(9)11-8/h4,6-10H,3,5H2,1-2H3/t8-,9+,10-/m0/s1. The van der Waals surface area contributed by atoms with Crippen molar-refractivity contribution in [1.29, 1.82) is 0 Å². The third-order valence-corrected chi connectivity index (χ3v) is 2.91. The predicted octanol–water partition coefficient (Wildman–Crippen LogP) is 2.38. The number of rotatable bonds is 1. The highest BCUT2D eigenvalue weighted by Gasteiger charge is 2.33. The van der Waals surface area contributed by atoms with E-state index in [9.17, 15) is 0 Å². The second-order valence-corrected chi connectivity index (χ2v) is 4.01.